The van der Waals surface area contributed by atoms with Gasteiger partial charge < -0.3 is 10.4 Å². The maximum absolute atomic E-state index is 10.9. The zero-order chi connectivity index (χ0) is 11.5. The minimum Gasteiger partial charge on any atom is -0.480 e. The number of carbonyl (C=O) groups is 1. The van der Waals surface area contributed by atoms with Crippen LogP contribution in [0.2, 0.25) is 0 Å². The monoisotopic (exact) mass is 283 g/mol. The van der Waals surface area contributed by atoms with Crippen molar-refractivity contribution < 1.29 is 9.90 Å². The van der Waals surface area contributed by atoms with E-state index in [0.717, 1.165) is 17.4 Å². The number of piperidine rings is 1. The number of rotatable bonds is 2. The molecule has 1 aromatic rings. The molecule has 0 amide bonds. The van der Waals surface area contributed by atoms with Crippen molar-refractivity contribution in [3.8, 4) is 0 Å². The Hall–Kier alpha value is -0.870. The summed E-state index contributed by atoms with van der Waals surface area (Å²) in [5, 5.41) is 12.0. The van der Waals surface area contributed by atoms with Gasteiger partial charge in [0.25, 0.3) is 0 Å². The van der Waals surface area contributed by atoms with Crippen molar-refractivity contribution in [1.29, 1.82) is 0 Å². The van der Waals surface area contributed by atoms with Gasteiger partial charge in [-0.3, -0.25) is 4.79 Å². The number of carboxylic acid groups (broad SMARTS) is 1. The van der Waals surface area contributed by atoms with Crippen LogP contribution < -0.4 is 5.32 Å². The molecule has 86 valence electrons. The lowest BCUT2D eigenvalue weighted by molar-refractivity contribution is -0.140. The third-order valence-electron chi connectivity index (χ3n) is 3.05. The fourth-order valence-corrected chi connectivity index (χ4v) is 2.80. The van der Waals surface area contributed by atoms with Gasteiger partial charge in [-0.2, -0.15) is 0 Å². The van der Waals surface area contributed by atoms with Crippen molar-refractivity contribution >= 4 is 21.9 Å². The molecule has 1 aromatic carbocycles. The molecule has 4 heteroatoms. The molecule has 0 aliphatic carbocycles. The molecule has 0 radical (unpaired) electrons. The Morgan fingerprint density at radius 2 is 2.19 bits per heavy atom. The average molecular weight is 284 g/mol. The van der Waals surface area contributed by atoms with Crippen LogP contribution in [-0.2, 0) is 4.79 Å². The smallest absolute Gasteiger partial charge is 0.320 e. The van der Waals surface area contributed by atoms with Gasteiger partial charge in [-0.25, -0.2) is 0 Å². The number of benzene rings is 1. The second kappa shape index (κ2) is 4.97. The summed E-state index contributed by atoms with van der Waals surface area (Å²) in [5.41, 5.74) is 1.22. The van der Waals surface area contributed by atoms with Crippen LogP contribution in [0.15, 0.2) is 28.7 Å². The lowest BCUT2D eigenvalue weighted by Gasteiger charge is -2.28. The molecule has 2 N–H and O–H groups in total. The first kappa shape index (κ1) is 11.6. The lowest BCUT2D eigenvalue weighted by atomic mass is 9.86. The molecule has 0 spiro atoms. The summed E-state index contributed by atoms with van der Waals surface area (Å²) < 4.78 is 1.08. The number of carboxylic acids is 1. The molecular weight excluding hydrogens is 270 g/mol. The van der Waals surface area contributed by atoms with Gasteiger partial charge in [0.05, 0.1) is 0 Å². The summed E-state index contributed by atoms with van der Waals surface area (Å²) >= 11 is 3.52. The second-order valence-electron chi connectivity index (χ2n) is 4.09. The van der Waals surface area contributed by atoms with Gasteiger partial charge in [0.15, 0.2) is 0 Å². The highest BCUT2D eigenvalue weighted by molar-refractivity contribution is 9.10. The summed E-state index contributed by atoms with van der Waals surface area (Å²) in [5.74, 6) is -0.422. The normalized spacial score (nSPS) is 25.3. The summed E-state index contributed by atoms with van der Waals surface area (Å²) in [6.45, 7) is 0.767. The molecule has 1 aliphatic heterocycles. The Bertz CT molecular complexity index is 394. The standard InChI is InChI=1S/C12H14BrNO2/c13-10-4-2-1-3-9(10)8-5-6-14-11(7-8)12(15)16/h1-4,8,11,14H,5-7H2,(H,15,16). The quantitative estimate of drug-likeness (QED) is 0.876. The van der Waals surface area contributed by atoms with E-state index in [1.807, 2.05) is 18.2 Å². The summed E-state index contributed by atoms with van der Waals surface area (Å²) in [6, 6.07) is 7.64. The molecule has 2 rings (SSSR count). The number of nitrogens with one attached hydrogen (secondary N) is 1. The zero-order valence-corrected chi connectivity index (χ0v) is 10.4. The summed E-state index contributed by atoms with van der Waals surface area (Å²) in [7, 11) is 0. The molecule has 1 saturated heterocycles. The average Bonchev–Trinajstić information content (AvgIpc) is 2.30. The maximum Gasteiger partial charge on any atom is 0.320 e. The van der Waals surface area contributed by atoms with Crippen LogP contribution in [0.25, 0.3) is 0 Å². The van der Waals surface area contributed by atoms with E-state index in [1.165, 1.54) is 5.56 Å². The Kier molecular flexibility index (Phi) is 3.61. The van der Waals surface area contributed by atoms with Gasteiger partial charge in [-0.1, -0.05) is 34.1 Å². The van der Waals surface area contributed by atoms with E-state index in [-0.39, 0.29) is 0 Å². The summed E-state index contributed by atoms with van der Waals surface area (Å²) in [6.07, 6.45) is 1.66. The molecule has 2 unspecified atom stereocenters. The van der Waals surface area contributed by atoms with Gasteiger partial charge in [-0.05, 0) is 36.9 Å². The van der Waals surface area contributed by atoms with Crippen molar-refractivity contribution in [1.82, 2.24) is 5.32 Å². The Labute approximate surface area is 103 Å². The molecule has 1 aliphatic rings. The first-order valence-electron chi connectivity index (χ1n) is 5.39. The fourth-order valence-electron chi connectivity index (χ4n) is 2.19. The highest BCUT2D eigenvalue weighted by atomic mass is 79.9. The fraction of sp³-hybridized carbons (Fsp3) is 0.417. The van der Waals surface area contributed by atoms with Crippen molar-refractivity contribution in [2.75, 3.05) is 6.54 Å². The van der Waals surface area contributed by atoms with E-state index in [0.29, 0.717) is 12.3 Å². The van der Waals surface area contributed by atoms with E-state index in [4.69, 9.17) is 5.11 Å². The molecule has 1 heterocycles. The Balaban J connectivity index is 2.16. The van der Waals surface area contributed by atoms with Crippen molar-refractivity contribution in [3.05, 3.63) is 34.3 Å². The summed E-state index contributed by atoms with van der Waals surface area (Å²) in [4.78, 5) is 10.9. The number of halogens is 1. The molecular formula is C12H14BrNO2. The third-order valence-corrected chi connectivity index (χ3v) is 3.77. The van der Waals surface area contributed by atoms with Crippen LogP contribution in [0.4, 0.5) is 0 Å². The van der Waals surface area contributed by atoms with E-state index in [9.17, 15) is 4.79 Å². The van der Waals surface area contributed by atoms with E-state index in [2.05, 4.69) is 27.3 Å². The van der Waals surface area contributed by atoms with Crippen LogP contribution in [0.5, 0.6) is 0 Å². The highest BCUT2D eigenvalue weighted by Crippen LogP contribution is 2.32. The Morgan fingerprint density at radius 3 is 2.88 bits per heavy atom. The van der Waals surface area contributed by atoms with Crippen molar-refractivity contribution in [3.63, 3.8) is 0 Å². The predicted molar refractivity (Wildman–Crippen MR) is 65.5 cm³/mol. The predicted octanol–water partition coefficient (Wildman–Crippen LogP) is 2.37. The third kappa shape index (κ3) is 2.44. The topological polar surface area (TPSA) is 49.3 Å². The zero-order valence-electron chi connectivity index (χ0n) is 8.82. The van der Waals surface area contributed by atoms with E-state index in [1.54, 1.807) is 0 Å². The number of hydrogen-bond donors (Lipinski definition) is 2. The van der Waals surface area contributed by atoms with Gasteiger partial charge in [0.2, 0.25) is 0 Å². The van der Waals surface area contributed by atoms with Crippen molar-refractivity contribution in [2.24, 2.45) is 0 Å². The molecule has 0 saturated carbocycles. The van der Waals surface area contributed by atoms with Gasteiger partial charge in [0.1, 0.15) is 6.04 Å². The highest BCUT2D eigenvalue weighted by Gasteiger charge is 2.28. The maximum atomic E-state index is 10.9. The minimum atomic E-state index is -0.753. The van der Waals surface area contributed by atoms with Crippen LogP contribution in [0.1, 0.15) is 24.3 Å². The van der Waals surface area contributed by atoms with Gasteiger partial charge in [0, 0.05) is 4.47 Å². The van der Waals surface area contributed by atoms with E-state index >= 15 is 0 Å². The van der Waals surface area contributed by atoms with Crippen LogP contribution in [0.3, 0.4) is 0 Å². The van der Waals surface area contributed by atoms with E-state index < -0.39 is 12.0 Å². The molecule has 1 fully saturated rings. The second-order valence-corrected chi connectivity index (χ2v) is 4.94. The van der Waals surface area contributed by atoms with Gasteiger partial charge in [-0.15, -0.1) is 0 Å². The molecule has 0 bridgehead atoms. The minimum absolute atomic E-state index is 0.331. The number of aliphatic carboxylic acids is 1. The van der Waals surface area contributed by atoms with Crippen LogP contribution in [-0.4, -0.2) is 23.7 Å². The van der Waals surface area contributed by atoms with Crippen molar-refractivity contribution in [2.45, 2.75) is 24.8 Å². The van der Waals surface area contributed by atoms with Crippen LogP contribution >= 0.6 is 15.9 Å². The van der Waals surface area contributed by atoms with Crippen LogP contribution in [0, 0.1) is 0 Å². The Morgan fingerprint density at radius 1 is 1.44 bits per heavy atom. The first-order chi connectivity index (χ1) is 7.68. The first-order valence-corrected chi connectivity index (χ1v) is 6.18. The lowest BCUT2D eigenvalue weighted by Crippen LogP contribution is -2.42. The van der Waals surface area contributed by atoms with Gasteiger partial charge >= 0.3 is 5.97 Å². The molecule has 0 aromatic heterocycles. The molecule has 2 atom stereocenters. The molecule has 3 nitrogen and oxygen atoms in total. The SMILES string of the molecule is O=C(O)C1CC(c2ccccc2Br)CCN1. The number of hydrogen-bond acceptors (Lipinski definition) is 2. The molecule has 16 heavy (non-hydrogen) atoms. The largest absolute Gasteiger partial charge is 0.480 e.